The number of thioether (sulfide) groups is 1. The zero-order chi connectivity index (χ0) is 19.2. The molecule has 0 saturated carbocycles. The molecule has 1 aromatic heterocycles. The maximum atomic E-state index is 12.7. The van der Waals surface area contributed by atoms with E-state index in [0.29, 0.717) is 24.0 Å². The van der Waals surface area contributed by atoms with Gasteiger partial charge in [-0.25, -0.2) is 0 Å². The van der Waals surface area contributed by atoms with Crippen molar-refractivity contribution in [1.29, 1.82) is 0 Å². The van der Waals surface area contributed by atoms with Crippen LogP contribution in [0.25, 0.3) is 5.69 Å². The fourth-order valence-corrected chi connectivity index (χ4v) is 3.55. The van der Waals surface area contributed by atoms with E-state index in [0.717, 1.165) is 22.4 Å². The highest BCUT2D eigenvalue weighted by Gasteiger charge is 2.16. The Hall–Kier alpha value is -2.67. The van der Waals surface area contributed by atoms with Gasteiger partial charge in [0.05, 0.1) is 11.4 Å². The van der Waals surface area contributed by atoms with E-state index in [-0.39, 0.29) is 5.91 Å². The SMILES string of the molecule is CCN(Cc1ccccc1)C(=O)CSc1nnnn1-c1cc(C)ccc1C. The molecule has 0 aliphatic heterocycles. The minimum Gasteiger partial charge on any atom is -0.338 e. The molecule has 0 fully saturated rings. The molecule has 7 heteroatoms. The van der Waals surface area contributed by atoms with Crippen molar-refractivity contribution >= 4 is 17.7 Å². The summed E-state index contributed by atoms with van der Waals surface area (Å²) >= 11 is 1.36. The fourth-order valence-electron chi connectivity index (χ4n) is 2.77. The molecule has 0 aliphatic carbocycles. The van der Waals surface area contributed by atoms with Crippen molar-refractivity contribution < 1.29 is 4.79 Å². The summed E-state index contributed by atoms with van der Waals surface area (Å²) < 4.78 is 1.70. The lowest BCUT2D eigenvalue weighted by Crippen LogP contribution is -2.31. The largest absolute Gasteiger partial charge is 0.338 e. The van der Waals surface area contributed by atoms with Crippen LogP contribution >= 0.6 is 11.8 Å². The number of aryl methyl sites for hydroxylation is 2. The van der Waals surface area contributed by atoms with Crippen LogP contribution in [0.15, 0.2) is 53.7 Å². The van der Waals surface area contributed by atoms with Gasteiger partial charge in [0.1, 0.15) is 0 Å². The minimum absolute atomic E-state index is 0.0712. The summed E-state index contributed by atoms with van der Waals surface area (Å²) in [5.74, 6) is 0.369. The van der Waals surface area contributed by atoms with E-state index in [4.69, 9.17) is 0 Å². The van der Waals surface area contributed by atoms with E-state index >= 15 is 0 Å². The minimum atomic E-state index is 0.0712. The summed E-state index contributed by atoms with van der Waals surface area (Å²) in [6.45, 7) is 7.32. The van der Waals surface area contributed by atoms with E-state index < -0.39 is 0 Å². The summed E-state index contributed by atoms with van der Waals surface area (Å²) in [6.07, 6.45) is 0. The number of aromatic nitrogens is 4. The lowest BCUT2D eigenvalue weighted by molar-refractivity contribution is -0.128. The van der Waals surface area contributed by atoms with Crippen molar-refractivity contribution in [3.05, 3.63) is 65.2 Å². The number of hydrogen-bond donors (Lipinski definition) is 0. The normalized spacial score (nSPS) is 10.8. The second-order valence-electron chi connectivity index (χ2n) is 6.35. The highest BCUT2D eigenvalue weighted by molar-refractivity contribution is 7.99. The molecular formula is C20H23N5OS. The maximum Gasteiger partial charge on any atom is 0.233 e. The third kappa shape index (κ3) is 4.74. The van der Waals surface area contributed by atoms with Gasteiger partial charge in [-0.2, -0.15) is 4.68 Å². The highest BCUT2D eigenvalue weighted by Crippen LogP contribution is 2.22. The first-order chi connectivity index (χ1) is 13.1. The molecule has 27 heavy (non-hydrogen) atoms. The van der Waals surface area contributed by atoms with Gasteiger partial charge in [0.2, 0.25) is 11.1 Å². The second kappa shape index (κ2) is 8.81. The molecule has 6 nitrogen and oxygen atoms in total. The Balaban J connectivity index is 1.69. The standard InChI is InChI=1S/C20H23N5OS/c1-4-24(13-17-8-6-5-7-9-17)19(26)14-27-20-21-22-23-25(20)18-12-15(2)10-11-16(18)3/h5-12H,4,13-14H2,1-3H3. The van der Waals surface area contributed by atoms with E-state index in [1.54, 1.807) is 4.68 Å². The molecule has 1 heterocycles. The molecule has 140 valence electrons. The van der Waals surface area contributed by atoms with Crippen LogP contribution in [-0.2, 0) is 11.3 Å². The van der Waals surface area contributed by atoms with E-state index in [9.17, 15) is 4.79 Å². The number of carbonyl (C=O) groups is 1. The summed E-state index contributed by atoms with van der Waals surface area (Å²) in [7, 11) is 0. The molecule has 2 aromatic carbocycles. The van der Waals surface area contributed by atoms with Crippen molar-refractivity contribution in [3.8, 4) is 5.69 Å². The molecule has 1 amide bonds. The Kier molecular flexibility index (Phi) is 6.24. The molecule has 3 rings (SSSR count). The first-order valence-corrected chi connectivity index (χ1v) is 9.87. The van der Waals surface area contributed by atoms with Crippen LogP contribution in [0.3, 0.4) is 0 Å². The summed E-state index contributed by atoms with van der Waals surface area (Å²) in [5, 5.41) is 12.6. The summed E-state index contributed by atoms with van der Waals surface area (Å²) in [6, 6.07) is 16.2. The Morgan fingerprint density at radius 2 is 1.93 bits per heavy atom. The van der Waals surface area contributed by atoms with Gasteiger partial charge in [-0.3, -0.25) is 4.79 Å². The molecule has 0 saturated heterocycles. The molecule has 0 aliphatic rings. The van der Waals surface area contributed by atoms with Gasteiger partial charge in [-0.1, -0.05) is 54.2 Å². The van der Waals surface area contributed by atoms with Crippen molar-refractivity contribution in [2.24, 2.45) is 0 Å². The molecular weight excluding hydrogens is 358 g/mol. The second-order valence-corrected chi connectivity index (χ2v) is 7.29. The smallest absolute Gasteiger partial charge is 0.233 e. The van der Waals surface area contributed by atoms with E-state index in [1.807, 2.05) is 68.1 Å². The zero-order valence-electron chi connectivity index (χ0n) is 15.8. The molecule has 0 bridgehead atoms. The van der Waals surface area contributed by atoms with Gasteiger partial charge in [0.15, 0.2) is 0 Å². The number of hydrogen-bond acceptors (Lipinski definition) is 5. The Labute approximate surface area is 163 Å². The van der Waals surface area contributed by atoms with Crippen molar-refractivity contribution in [3.63, 3.8) is 0 Å². The number of amides is 1. The van der Waals surface area contributed by atoms with Crippen LogP contribution in [-0.4, -0.2) is 43.3 Å². The zero-order valence-corrected chi connectivity index (χ0v) is 16.6. The fraction of sp³-hybridized carbons (Fsp3) is 0.300. The van der Waals surface area contributed by atoms with Gasteiger partial charge in [0, 0.05) is 13.1 Å². The lowest BCUT2D eigenvalue weighted by Gasteiger charge is -2.20. The average Bonchev–Trinajstić information content (AvgIpc) is 3.15. The average molecular weight is 382 g/mol. The number of benzene rings is 2. The van der Waals surface area contributed by atoms with Crippen molar-refractivity contribution in [2.45, 2.75) is 32.5 Å². The van der Waals surface area contributed by atoms with Crippen LogP contribution in [0.4, 0.5) is 0 Å². The van der Waals surface area contributed by atoms with E-state index in [2.05, 4.69) is 21.6 Å². The molecule has 0 N–H and O–H groups in total. The first kappa shape index (κ1) is 19.1. The van der Waals surface area contributed by atoms with Gasteiger partial charge >= 0.3 is 0 Å². The highest BCUT2D eigenvalue weighted by atomic mass is 32.2. The molecule has 3 aromatic rings. The van der Waals surface area contributed by atoms with Crippen LogP contribution < -0.4 is 0 Å². The van der Waals surface area contributed by atoms with Gasteiger partial charge < -0.3 is 4.90 Å². The van der Waals surface area contributed by atoms with Crippen LogP contribution in [0.1, 0.15) is 23.6 Å². The predicted molar refractivity (Wildman–Crippen MR) is 107 cm³/mol. The third-order valence-electron chi connectivity index (χ3n) is 4.31. The first-order valence-electron chi connectivity index (χ1n) is 8.89. The summed E-state index contributed by atoms with van der Waals surface area (Å²) in [5.41, 5.74) is 4.28. The van der Waals surface area contributed by atoms with Crippen LogP contribution in [0.2, 0.25) is 0 Å². The Morgan fingerprint density at radius 3 is 2.67 bits per heavy atom. The van der Waals surface area contributed by atoms with Crippen molar-refractivity contribution in [2.75, 3.05) is 12.3 Å². The Morgan fingerprint density at radius 1 is 1.15 bits per heavy atom. The summed E-state index contributed by atoms with van der Waals surface area (Å²) in [4.78, 5) is 14.5. The topological polar surface area (TPSA) is 63.9 Å². The molecule has 0 radical (unpaired) electrons. The maximum absolute atomic E-state index is 12.7. The Bertz CT molecular complexity index is 910. The van der Waals surface area contributed by atoms with Crippen LogP contribution in [0, 0.1) is 13.8 Å². The lowest BCUT2D eigenvalue weighted by atomic mass is 10.1. The van der Waals surface area contributed by atoms with Crippen LogP contribution in [0.5, 0.6) is 0 Å². The number of tetrazole rings is 1. The quantitative estimate of drug-likeness (QED) is 0.587. The van der Waals surface area contributed by atoms with Gasteiger partial charge in [-0.05, 0) is 54.0 Å². The predicted octanol–water partition coefficient (Wildman–Crippen LogP) is 3.42. The van der Waals surface area contributed by atoms with Crippen molar-refractivity contribution in [1.82, 2.24) is 25.1 Å². The number of rotatable bonds is 7. The van der Waals surface area contributed by atoms with Gasteiger partial charge in [-0.15, -0.1) is 5.10 Å². The number of nitrogens with zero attached hydrogens (tertiary/aromatic N) is 5. The third-order valence-corrected chi connectivity index (χ3v) is 5.21. The van der Waals surface area contributed by atoms with Gasteiger partial charge in [0.25, 0.3) is 0 Å². The number of carbonyl (C=O) groups excluding carboxylic acids is 1. The van der Waals surface area contributed by atoms with E-state index in [1.165, 1.54) is 11.8 Å². The monoisotopic (exact) mass is 381 g/mol. The molecule has 0 atom stereocenters. The molecule has 0 spiro atoms. The molecule has 0 unspecified atom stereocenters.